The molecule has 4 aromatic rings. The van der Waals surface area contributed by atoms with Gasteiger partial charge < -0.3 is 14.6 Å². The number of carbonyl (C=O) groups excluding carboxylic acids is 1. The molecule has 0 saturated carbocycles. The number of rotatable bonds is 4. The molecular formula is C25H23N3O2. The van der Waals surface area contributed by atoms with E-state index in [0.717, 1.165) is 30.8 Å². The monoisotopic (exact) mass is 397 g/mol. The molecule has 0 spiro atoms. The Bertz CT molecular complexity index is 1190. The molecule has 5 heteroatoms. The predicted octanol–water partition coefficient (Wildman–Crippen LogP) is 5.44. The molecule has 1 saturated heterocycles. The number of hydrogen-bond acceptors (Lipinski definition) is 3. The maximum Gasteiger partial charge on any atom is 0.257 e. The summed E-state index contributed by atoms with van der Waals surface area (Å²) < 4.78 is 8.19. The molecular weight excluding hydrogens is 374 g/mol. The Morgan fingerprint density at radius 2 is 2.00 bits per heavy atom. The van der Waals surface area contributed by atoms with E-state index in [1.54, 1.807) is 24.5 Å². The Morgan fingerprint density at radius 1 is 1.13 bits per heavy atom. The van der Waals surface area contributed by atoms with Crippen LogP contribution >= 0.6 is 0 Å². The molecule has 1 atom stereocenters. The number of nitrogens with zero attached hydrogens (tertiary/aromatic N) is 2. The minimum atomic E-state index is -0.167. The molecule has 5 rings (SSSR count). The van der Waals surface area contributed by atoms with Crippen LogP contribution in [0.25, 0.3) is 16.6 Å². The second-order valence-electron chi connectivity index (χ2n) is 7.65. The molecule has 0 aliphatic carbocycles. The number of hydrogen-bond donors (Lipinski definition) is 1. The van der Waals surface area contributed by atoms with Crippen molar-refractivity contribution < 1.29 is 9.53 Å². The Labute approximate surface area is 175 Å². The zero-order valence-corrected chi connectivity index (χ0v) is 16.8. The molecule has 0 bridgehead atoms. The first-order chi connectivity index (χ1) is 14.7. The molecule has 1 unspecified atom stereocenters. The highest BCUT2D eigenvalue weighted by Gasteiger charge is 2.21. The van der Waals surface area contributed by atoms with E-state index in [1.807, 2.05) is 24.3 Å². The quantitative estimate of drug-likeness (QED) is 0.499. The van der Waals surface area contributed by atoms with Crippen LogP contribution < -0.4 is 5.32 Å². The summed E-state index contributed by atoms with van der Waals surface area (Å²) in [5, 5.41) is 4.17. The van der Waals surface area contributed by atoms with E-state index in [2.05, 4.69) is 46.1 Å². The molecule has 1 aliphatic rings. The Balaban J connectivity index is 1.45. The lowest BCUT2D eigenvalue weighted by atomic mass is 10.0. The van der Waals surface area contributed by atoms with Crippen molar-refractivity contribution in [2.75, 3.05) is 11.9 Å². The summed E-state index contributed by atoms with van der Waals surface area (Å²) in [4.78, 5) is 16.3. The van der Waals surface area contributed by atoms with Crippen LogP contribution in [0.2, 0.25) is 0 Å². The number of anilines is 1. The van der Waals surface area contributed by atoms with E-state index in [1.165, 1.54) is 22.2 Å². The Morgan fingerprint density at radius 3 is 2.73 bits per heavy atom. The van der Waals surface area contributed by atoms with Gasteiger partial charge in [0.05, 0.1) is 17.2 Å². The summed E-state index contributed by atoms with van der Waals surface area (Å²) in [5.41, 5.74) is 5.96. The highest BCUT2D eigenvalue weighted by Crippen LogP contribution is 2.35. The number of carbonyl (C=O) groups is 1. The Kier molecular flexibility index (Phi) is 4.81. The standard InChI is InChI=1S/C25H23N3O2/c1-17-15-22-21(24-8-4-14-30-24)6-2-7-23(22)28(17)20-11-9-19(10-12-20)27-25(29)18-5-3-13-26-16-18/h2-3,5-7,9-13,15-16,24H,4,8,14H2,1H3,(H,27,29). The lowest BCUT2D eigenvalue weighted by Crippen LogP contribution is -2.12. The first-order valence-electron chi connectivity index (χ1n) is 10.2. The fourth-order valence-electron chi connectivity index (χ4n) is 4.23. The van der Waals surface area contributed by atoms with Gasteiger partial charge in [0, 0.05) is 41.5 Å². The van der Waals surface area contributed by atoms with Gasteiger partial charge in [0.1, 0.15) is 0 Å². The average molecular weight is 397 g/mol. The van der Waals surface area contributed by atoms with Gasteiger partial charge in [-0.1, -0.05) is 12.1 Å². The first-order valence-corrected chi connectivity index (χ1v) is 10.2. The van der Waals surface area contributed by atoms with Crippen molar-refractivity contribution >= 4 is 22.5 Å². The Hall–Kier alpha value is -3.44. The van der Waals surface area contributed by atoms with E-state index < -0.39 is 0 Å². The number of benzene rings is 2. The smallest absolute Gasteiger partial charge is 0.257 e. The van der Waals surface area contributed by atoms with E-state index in [9.17, 15) is 4.79 Å². The second-order valence-corrected chi connectivity index (χ2v) is 7.65. The van der Waals surface area contributed by atoms with Crippen molar-refractivity contribution in [3.05, 3.63) is 89.9 Å². The summed E-state index contributed by atoms with van der Waals surface area (Å²) in [5.74, 6) is -0.167. The van der Waals surface area contributed by atoms with Gasteiger partial charge in [-0.05, 0) is 73.9 Å². The zero-order chi connectivity index (χ0) is 20.5. The summed E-state index contributed by atoms with van der Waals surface area (Å²) in [6.07, 6.45) is 5.60. The third kappa shape index (κ3) is 3.37. The molecule has 1 fully saturated rings. The first kappa shape index (κ1) is 18.6. The highest BCUT2D eigenvalue weighted by molar-refractivity contribution is 6.04. The third-order valence-corrected chi connectivity index (χ3v) is 5.65. The van der Waals surface area contributed by atoms with Gasteiger partial charge in [0.15, 0.2) is 0 Å². The summed E-state index contributed by atoms with van der Waals surface area (Å²) in [6.45, 7) is 2.96. The van der Waals surface area contributed by atoms with Gasteiger partial charge in [0.2, 0.25) is 0 Å². The van der Waals surface area contributed by atoms with Crippen LogP contribution in [0.15, 0.2) is 73.1 Å². The lowest BCUT2D eigenvalue weighted by Gasteiger charge is -2.13. The molecule has 1 aliphatic heterocycles. The minimum Gasteiger partial charge on any atom is -0.374 e. The second kappa shape index (κ2) is 7.76. The van der Waals surface area contributed by atoms with Crippen molar-refractivity contribution in [2.24, 2.45) is 0 Å². The minimum absolute atomic E-state index is 0.167. The lowest BCUT2D eigenvalue weighted by molar-refractivity contribution is 0.102. The predicted molar refractivity (Wildman–Crippen MR) is 118 cm³/mol. The fourth-order valence-corrected chi connectivity index (χ4v) is 4.23. The number of ether oxygens (including phenoxy) is 1. The number of pyridine rings is 1. The largest absolute Gasteiger partial charge is 0.374 e. The van der Waals surface area contributed by atoms with Crippen LogP contribution in [-0.4, -0.2) is 22.1 Å². The summed E-state index contributed by atoms with van der Waals surface area (Å²) in [7, 11) is 0. The fraction of sp³-hybridized carbons (Fsp3) is 0.200. The summed E-state index contributed by atoms with van der Waals surface area (Å²) >= 11 is 0. The number of nitrogens with one attached hydrogen (secondary N) is 1. The van der Waals surface area contributed by atoms with Gasteiger partial charge in [-0.25, -0.2) is 0 Å². The maximum atomic E-state index is 12.4. The summed E-state index contributed by atoms with van der Waals surface area (Å²) in [6, 6.07) is 20.1. The van der Waals surface area contributed by atoms with E-state index in [-0.39, 0.29) is 12.0 Å². The highest BCUT2D eigenvalue weighted by atomic mass is 16.5. The van der Waals surface area contributed by atoms with E-state index in [4.69, 9.17) is 4.74 Å². The van der Waals surface area contributed by atoms with Crippen molar-refractivity contribution in [3.63, 3.8) is 0 Å². The number of aromatic nitrogens is 2. The molecule has 0 radical (unpaired) electrons. The van der Waals surface area contributed by atoms with Crippen molar-refractivity contribution in [3.8, 4) is 5.69 Å². The van der Waals surface area contributed by atoms with E-state index in [0.29, 0.717) is 5.56 Å². The van der Waals surface area contributed by atoms with Gasteiger partial charge in [-0.3, -0.25) is 9.78 Å². The van der Waals surface area contributed by atoms with E-state index >= 15 is 0 Å². The maximum absolute atomic E-state index is 12.4. The van der Waals surface area contributed by atoms with Gasteiger partial charge >= 0.3 is 0 Å². The molecule has 1 amide bonds. The molecule has 2 aromatic carbocycles. The van der Waals surface area contributed by atoms with Crippen LogP contribution in [0.5, 0.6) is 0 Å². The average Bonchev–Trinajstić information content (AvgIpc) is 3.42. The molecule has 3 heterocycles. The SMILES string of the molecule is Cc1cc2c(C3CCCO3)cccc2n1-c1ccc(NC(=O)c2cccnc2)cc1. The normalized spacial score (nSPS) is 16.1. The molecule has 150 valence electrons. The molecule has 1 N–H and O–H groups in total. The third-order valence-electron chi connectivity index (χ3n) is 5.65. The number of aryl methyl sites for hydroxylation is 1. The van der Waals surface area contributed by atoms with Crippen LogP contribution in [0, 0.1) is 6.92 Å². The van der Waals surface area contributed by atoms with Crippen LogP contribution in [-0.2, 0) is 4.74 Å². The van der Waals surface area contributed by atoms with Gasteiger partial charge in [-0.2, -0.15) is 0 Å². The van der Waals surface area contributed by atoms with Crippen molar-refractivity contribution in [1.29, 1.82) is 0 Å². The molecule has 2 aromatic heterocycles. The van der Waals surface area contributed by atoms with Crippen molar-refractivity contribution in [1.82, 2.24) is 9.55 Å². The topological polar surface area (TPSA) is 56.1 Å². The van der Waals surface area contributed by atoms with Crippen LogP contribution in [0.3, 0.4) is 0 Å². The zero-order valence-electron chi connectivity index (χ0n) is 16.8. The van der Waals surface area contributed by atoms with Crippen LogP contribution in [0.1, 0.15) is 40.6 Å². The molecule has 5 nitrogen and oxygen atoms in total. The molecule has 30 heavy (non-hydrogen) atoms. The number of amides is 1. The van der Waals surface area contributed by atoms with Crippen molar-refractivity contribution in [2.45, 2.75) is 25.9 Å². The number of fused-ring (bicyclic) bond motifs is 1. The van der Waals surface area contributed by atoms with Gasteiger partial charge in [-0.15, -0.1) is 0 Å². The van der Waals surface area contributed by atoms with Crippen LogP contribution in [0.4, 0.5) is 5.69 Å². The van der Waals surface area contributed by atoms with Gasteiger partial charge in [0.25, 0.3) is 5.91 Å².